The molecule has 252 valence electrons. The molecule has 0 N–H and O–H groups in total. The molecule has 0 bridgehead atoms. The van der Waals surface area contributed by atoms with Crippen molar-refractivity contribution in [2.45, 2.75) is 0 Å². The first-order valence-corrected chi connectivity index (χ1v) is 18.3. The Balaban J connectivity index is 1.07. The molecule has 0 saturated carbocycles. The molecule has 9 aromatic carbocycles. The van der Waals surface area contributed by atoms with Crippen molar-refractivity contribution < 1.29 is 0 Å². The van der Waals surface area contributed by atoms with Gasteiger partial charge in [0.15, 0.2) is 17.5 Å². The Hall–Kier alpha value is -7.23. The van der Waals surface area contributed by atoms with E-state index in [9.17, 15) is 0 Å². The lowest BCUT2D eigenvalue weighted by atomic mass is 9.94. The summed E-state index contributed by atoms with van der Waals surface area (Å²) in [5.41, 5.74) is 9.76. The average molecular weight is 688 g/mol. The third-order valence-corrected chi connectivity index (χ3v) is 10.3. The van der Waals surface area contributed by atoms with Crippen LogP contribution in [0.4, 0.5) is 0 Å². The van der Waals surface area contributed by atoms with E-state index in [0.717, 1.165) is 38.8 Å². The highest BCUT2D eigenvalue weighted by Crippen LogP contribution is 2.36. The van der Waals surface area contributed by atoms with Gasteiger partial charge in [-0.1, -0.05) is 176 Å². The molecule has 0 aliphatic heterocycles. The minimum absolute atomic E-state index is 0.636. The molecular weight excluding hydrogens is 655 g/mol. The average Bonchev–Trinajstić information content (AvgIpc) is 3.26. The second-order valence-corrected chi connectivity index (χ2v) is 13.7. The van der Waals surface area contributed by atoms with Crippen LogP contribution in [-0.4, -0.2) is 15.0 Å². The Morgan fingerprint density at radius 1 is 0.204 bits per heavy atom. The molecule has 0 fully saturated rings. The largest absolute Gasteiger partial charge is 0.208 e. The molecule has 10 aromatic rings. The lowest BCUT2D eigenvalue weighted by Gasteiger charge is -2.13. The first kappa shape index (κ1) is 31.5. The van der Waals surface area contributed by atoms with Crippen LogP contribution in [-0.2, 0) is 0 Å². The zero-order valence-electron chi connectivity index (χ0n) is 29.4. The fourth-order valence-electron chi connectivity index (χ4n) is 7.42. The molecule has 54 heavy (non-hydrogen) atoms. The van der Waals surface area contributed by atoms with Gasteiger partial charge in [0.05, 0.1) is 0 Å². The Morgan fingerprint density at radius 2 is 0.574 bits per heavy atom. The highest BCUT2D eigenvalue weighted by atomic mass is 15.0. The molecule has 3 nitrogen and oxygen atoms in total. The molecule has 1 heterocycles. The Labute approximate surface area is 313 Å². The molecule has 0 aliphatic carbocycles. The van der Waals surface area contributed by atoms with E-state index in [0.29, 0.717) is 17.5 Å². The van der Waals surface area contributed by atoms with Crippen molar-refractivity contribution in [3.8, 4) is 67.5 Å². The Morgan fingerprint density at radius 3 is 1.22 bits per heavy atom. The number of rotatable bonds is 6. The molecule has 0 amide bonds. The number of hydrogen-bond donors (Lipinski definition) is 0. The van der Waals surface area contributed by atoms with Crippen LogP contribution in [0, 0.1) is 0 Å². The van der Waals surface area contributed by atoms with Gasteiger partial charge in [-0.25, -0.2) is 15.0 Å². The summed E-state index contributed by atoms with van der Waals surface area (Å²) in [6.07, 6.45) is 0. The first-order valence-electron chi connectivity index (χ1n) is 18.3. The van der Waals surface area contributed by atoms with Gasteiger partial charge in [-0.15, -0.1) is 0 Å². The summed E-state index contributed by atoms with van der Waals surface area (Å²) < 4.78 is 0. The van der Waals surface area contributed by atoms with Crippen molar-refractivity contribution in [3.63, 3.8) is 0 Å². The summed E-state index contributed by atoms with van der Waals surface area (Å²) in [6.45, 7) is 0. The van der Waals surface area contributed by atoms with Crippen LogP contribution in [0.2, 0.25) is 0 Å². The van der Waals surface area contributed by atoms with Crippen LogP contribution in [0.3, 0.4) is 0 Å². The Bertz CT molecular complexity index is 2990. The predicted octanol–water partition coefficient (Wildman–Crippen LogP) is 13.3. The molecule has 10 rings (SSSR count). The summed E-state index contributed by atoms with van der Waals surface area (Å²) in [4.78, 5) is 15.4. The van der Waals surface area contributed by atoms with Crippen LogP contribution in [0.25, 0.3) is 99.9 Å². The summed E-state index contributed by atoms with van der Waals surface area (Å²) in [7, 11) is 0. The number of benzene rings is 9. The van der Waals surface area contributed by atoms with Gasteiger partial charge < -0.3 is 0 Å². The maximum atomic E-state index is 5.16. The summed E-state index contributed by atoms with van der Waals surface area (Å²) >= 11 is 0. The SMILES string of the molecule is c1ccc(-c2ccc(-c3nc(-c4ccc5ccccc5c4)nc(-c4ccccc4-c4ccc5cc(-c6ccc7ccccc7c6)ccc5c4)n3)cc2)cc1. The zero-order chi connectivity index (χ0) is 35.8. The van der Waals surface area contributed by atoms with Crippen molar-refractivity contribution in [2.24, 2.45) is 0 Å². The van der Waals surface area contributed by atoms with Crippen molar-refractivity contribution in [3.05, 3.63) is 200 Å². The fourth-order valence-corrected chi connectivity index (χ4v) is 7.42. The van der Waals surface area contributed by atoms with E-state index >= 15 is 0 Å². The number of fused-ring (bicyclic) bond motifs is 3. The molecular formula is C51H33N3. The normalized spacial score (nSPS) is 11.3. The maximum Gasteiger partial charge on any atom is 0.164 e. The van der Waals surface area contributed by atoms with Gasteiger partial charge in [-0.05, 0) is 90.0 Å². The maximum absolute atomic E-state index is 5.16. The van der Waals surface area contributed by atoms with Crippen LogP contribution < -0.4 is 0 Å². The van der Waals surface area contributed by atoms with Gasteiger partial charge in [-0.3, -0.25) is 0 Å². The second kappa shape index (κ2) is 13.4. The third-order valence-electron chi connectivity index (χ3n) is 10.3. The van der Waals surface area contributed by atoms with Crippen LogP contribution in [0.1, 0.15) is 0 Å². The van der Waals surface area contributed by atoms with Gasteiger partial charge in [-0.2, -0.15) is 0 Å². The molecule has 0 saturated heterocycles. The smallest absolute Gasteiger partial charge is 0.164 e. The lowest BCUT2D eigenvalue weighted by Crippen LogP contribution is -2.01. The quantitative estimate of drug-likeness (QED) is 0.175. The van der Waals surface area contributed by atoms with Crippen LogP contribution >= 0.6 is 0 Å². The first-order chi connectivity index (χ1) is 26.7. The highest BCUT2D eigenvalue weighted by molar-refractivity contribution is 5.95. The molecule has 3 heteroatoms. The summed E-state index contributed by atoms with van der Waals surface area (Å²) in [5, 5.41) is 7.20. The highest BCUT2D eigenvalue weighted by Gasteiger charge is 2.16. The van der Waals surface area contributed by atoms with Gasteiger partial charge in [0, 0.05) is 16.7 Å². The van der Waals surface area contributed by atoms with Crippen molar-refractivity contribution in [2.75, 3.05) is 0 Å². The van der Waals surface area contributed by atoms with E-state index in [1.54, 1.807) is 0 Å². The molecule has 0 unspecified atom stereocenters. The predicted molar refractivity (Wildman–Crippen MR) is 225 cm³/mol. The molecule has 1 aromatic heterocycles. The van der Waals surface area contributed by atoms with E-state index < -0.39 is 0 Å². The van der Waals surface area contributed by atoms with E-state index in [-0.39, 0.29) is 0 Å². The second-order valence-electron chi connectivity index (χ2n) is 13.7. The monoisotopic (exact) mass is 687 g/mol. The van der Waals surface area contributed by atoms with E-state index in [4.69, 9.17) is 15.0 Å². The van der Waals surface area contributed by atoms with Gasteiger partial charge in [0.1, 0.15) is 0 Å². The summed E-state index contributed by atoms with van der Waals surface area (Å²) in [6, 6.07) is 70.7. The zero-order valence-corrected chi connectivity index (χ0v) is 29.4. The van der Waals surface area contributed by atoms with Gasteiger partial charge in [0.25, 0.3) is 0 Å². The topological polar surface area (TPSA) is 38.7 Å². The standard InChI is InChI=1S/C51H33N3/c1-2-10-34(11-3-1)37-18-22-38(23-19-37)49-52-50(46-29-21-36-13-5-7-15-40(36)33-46)54-51(53-49)48-17-9-8-16-47(48)45-28-27-43-31-42(25-26-44(43)32-45)41-24-20-35-12-4-6-14-39(35)30-41/h1-33H. The van der Waals surface area contributed by atoms with Gasteiger partial charge >= 0.3 is 0 Å². The number of nitrogens with zero attached hydrogens (tertiary/aromatic N) is 3. The lowest BCUT2D eigenvalue weighted by molar-refractivity contribution is 1.07. The summed E-state index contributed by atoms with van der Waals surface area (Å²) in [5.74, 6) is 1.91. The van der Waals surface area contributed by atoms with Crippen LogP contribution in [0.15, 0.2) is 200 Å². The van der Waals surface area contributed by atoms with Crippen LogP contribution in [0.5, 0.6) is 0 Å². The molecule has 0 atom stereocenters. The molecule has 0 radical (unpaired) electrons. The number of aromatic nitrogens is 3. The van der Waals surface area contributed by atoms with Crippen molar-refractivity contribution in [1.29, 1.82) is 0 Å². The van der Waals surface area contributed by atoms with Crippen molar-refractivity contribution >= 4 is 32.3 Å². The van der Waals surface area contributed by atoms with E-state index in [1.807, 2.05) is 6.07 Å². The molecule has 0 spiro atoms. The van der Waals surface area contributed by atoms with Crippen molar-refractivity contribution in [1.82, 2.24) is 15.0 Å². The van der Waals surface area contributed by atoms with E-state index in [2.05, 4.69) is 194 Å². The number of hydrogen-bond acceptors (Lipinski definition) is 3. The minimum atomic E-state index is 0.636. The van der Waals surface area contributed by atoms with E-state index in [1.165, 1.54) is 43.6 Å². The minimum Gasteiger partial charge on any atom is -0.208 e. The molecule has 0 aliphatic rings. The third kappa shape index (κ3) is 5.98. The van der Waals surface area contributed by atoms with Gasteiger partial charge in [0.2, 0.25) is 0 Å². The Kier molecular flexibility index (Phi) is 7.81. The fraction of sp³-hybridized carbons (Fsp3) is 0.